The first kappa shape index (κ1) is 22.9. The molecular formula is C21H27N3O6S. The first-order chi connectivity index (χ1) is 14.9. The number of methoxy groups -OCH3 is 2. The van der Waals surface area contributed by atoms with E-state index in [4.69, 9.17) is 14.2 Å². The molecule has 2 aromatic carbocycles. The highest BCUT2D eigenvalue weighted by Crippen LogP contribution is 2.26. The Labute approximate surface area is 182 Å². The highest BCUT2D eigenvalue weighted by atomic mass is 32.2. The van der Waals surface area contributed by atoms with Crippen molar-refractivity contribution < 1.29 is 27.4 Å². The van der Waals surface area contributed by atoms with Crippen LogP contribution in [0.3, 0.4) is 0 Å². The van der Waals surface area contributed by atoms with Crippen LogP contribution in [0.1, 0.15) is 10.4 Å². The Hall–Kier alpha value is -2.82. The number of hydrogen-bond donors (Lipinski definition) is 2. The fraction of sp³-hybridized carbons (Fsp3) is 0.381. The van der Waals surface area contributed by atoms with Gasteiger partial charge in [-0.1, -0.05) is 0 Å². The van der Waals surface area contributed by atoms with Crippen LogP contribution in [-0.2, 0) is 19.5 Å². The van der Waals surface area contributed by atoms with Crippen molar-refractivity contribution in [2.24, 2.45) is 0 Å². The Morgan fingerprint density at radius 3 is 2.45 bits per heavy atom. The van der Waals surface area contributed by atoms with Crippen LogP contribution in [0.2, 0.25) is 0 Å². The van der Waals surface area contributed by atoms with Crippen molar-refractivity contribution in [3.63, 3.8) is 0 Å². The van der Waals surface area contributed by atoms with Gasteiger partial charge in [0.05, 0.1) is 38.7 Å². The third kappa shape index (κ3) is 6.09. The third-order valence-electron chi connectivity index (χ3n) is 4.88. The summed E-state index contributed by atoms with van der Waals surface area (Å²) in [5.74, 6) is 0.00173. The topological polar surface area (TPSA) is 106 Å². The van der Waals surface area contributed by atoms with Crippen molar-refractivity contribution in [2.75, 3.05) is 63.7 Å². The number of anilines is 2. The van der Waals surface area contributed by atoms with Gasteiger partial charge in [0.15, 0.2) is 0 Å². The maximum Gasteiger partial charge on any atom is 0.337 e. The van der Waals surface area contributed by atoms with Gasteiger partial charge in [0.2, 0.25) is 0 Å². The molecule has 1 heterocycles. The highest BCUT2D eigenvalue weighted by molar-refractivity contribution is 7.92. The zero-order valence-corrected chi connectivity index (χ0v) is 18.4. The van der Waals surface area contributed by atoms with Gasteiger partial charge in [-0.3, -0.25) is 9.62 Å². The molecule has 0 spiro atoms. The molecule has 0 atom stereocenters. The van der Waals surface area contributed by atoms with Crippen molar-refractivity contribution in [3.8, 4) is 5.75 Å². The molecule has 2 aromatic rings. The summed E-state index contributed by atoms with van der Waals surface area (Å²) < 4.78 is 44.0. The lowest BCUT2D eigenvalue weighted by Crippen LogP contribution is -2.39. The summed E-state index contributed by atoms with van der Waals surface area (Å²) in [7, 11) is -1.19. The molecule has 0 radical (unpaired) electrons. The SMILES string of the molecule is COC(=O)c1ccc(NCCN2CCOCC2)c(S(=O)(=O)Nc2ccc(OC)cc2)c1. The van der Waals surface area contributed by atoms with Crippen LogP contribution >= 0.6 is 0 Å². The normalized spacial score (nSPS) is 14.6. The summed E-state index contributed by atoms with van der Waals surface area (Å²) in [5, 5.41) is 3.18. The number of nitrogens with one attached hydrogen (secondary N) is 2. The number of ether oxygens (including phenoxy) is 3. The number of sulfonamides is 1. The molecule has 31 heavy (non-hydrogen) atoms. The molecule has 2 N–H and O–H groups in total. The molecule has 0 saturated carbocycles. The molecule has 0 amide bonds. The number of carbonyl (C=O) groups excluding carboxylic acids is 1. The molecule has 10 heteroatoms. The Morgan fingerprint density at radius 1 is 1.10 bits per heavy atom. The summed E-state index contributed by atoms with van der Waals surface area (Å²) in [5.41, 5.74) is 0.932. The monoisotopic (exact) mass is 449 g/mol. The van der Waals surface area contributed by atoms with Crippen molar-refractivity contribution in [1.82, 2.24) is 4.90 Å². The van der Waals surface area contributed by atoms with E-state index in [-0.39, 0.29) is 10.5 Å². The third-order valence-corrected chi connectivity index (χ3v) is 6.30. The second-order valence-corrected chi connectivity index (χ2v) is 8.57. The number of hydrogen-bond acceptors (Lipinski definition) is 8. The van der Waals surface area contributed by atoms with Gasteiger partial charge in [0, 0.05) is 31.9 Å². The predicted molar refractivity (Wildman–Crippen MR) is 117 cm³/mol. The lowest BCUT2D eigenvalue weighted by Gasteiger charge is -2.26. The lowest BCUT2D eigenvalue weighted by atomic mass is 10.2. The van der Waals surface area contributed by atoms with E-state index < -0.39 is 16.0 Å². The summed E-state index contributed by atoms with van der Waals surface area (Å²) in [6.45, 7) is 4.36. The molecule has 3 rings (SSSR count). The standard InChI is InChI=1S/C21H27N3O6S/c1-28-18-6-4-17(5-7-18)23-31(26,27)20-15-16(21(25)29-2)3-8-19(20)22-9-10-24-11-13-30-14-12-24/h3-8,15,22-23H,9-14H2,1-2H3. The zero-order valence-electron chi connectivity index (χ0n) is 17.6. The van der Waals surface area contributed by atoms with Crippen molar-refractivity contribution in [1.29, 1.82) is 0 Å². The summed E-state index contributed by atoms with van der Waals surface area (Å²) in [6.07, 6.45) is 0. The summed E-state index contributed by atoms with van der Waals surface area (Å²) in [4.78, 5) is 14.2. The quantitative estimate of drug-likeness (QED) is 0.560. The minimum Gasteiger partial charge on any atom is -0.497 e. The maximum atomic E-state index is 13.1. The van der Waals surface area contributed by atoms with Gasteiger partial charge in [0.25, 0.3) is 10.0 Å². The number of benzene rings is 2. The Morgan fingerprint density at radius 2 is 1.81 bits per heavy atom. The van der Waals surface area contributed by atoms with Gasteiger partial charge in [-0.15, -0.1) is 0 Å². The van der Waals surface area contributed by atoms with E-state index in [1.807, 2.05) is 0 Å². The molecule has 1 saturated heterocycles. The molecule has 0 unspecified atom stereocenters. The van der Waals surface area contributed by atoms with Crippen molar-refractivity contribution in [3.05, 3.63) is 48.0 Å². The van der Waals surface area contributed by atoms with Crippen LogP contribution < -0.4 is 14.8 Å². The molecule has 9 nitrogen and oxygen atoms in total. The first-order valence-electron chi connectivity index (χ1n) is 9.86. The van der Waals surface area contributed by atoms with Crippen molar-refractivity contribution >= 4 is 27.4 Å². The number of carbonyl (C=O) groups is 1. The number of morpholine rings is 1. The van der Waals surface area contributed by atoms with E-state index in [9.17, 15) is 13.2 Å². The van der Waals surface area contributed by atoms with Crippen LogP contribution in [0.15, 0.2) is 47.4 Å². The number of nitrogens with zero attached hydrogens (tertiary/aromatic N) is 1. The Bertz CT molecular complexity index is 989. The Kier molecular flexibility index (Phi) is 7.72. The molecular weight excluding hydrogens is 422 g/mol. The fourth-order valence-electron chi connectivity index (χ4n) is 3.18. The minimum atomic E-state index is -3.98. The van der Waals surface area contributed by atoms with E-state index in [2.05, 4.69) is 14.9 Å². The van der Waals surface area contributed by atoms with Crippen LogP contribution in [0.5, 0.6) is 5.75 Å². The summed E-state index contributed by atoms with van der Waals surface area (Å²) >= 11 is 0. The molecule has 1 fully saturated rings. The van der Waals surface area contributed by atoms with Crippen LogP contribution in [0.4, 0.5) is 11.4 Å². The smallest absolute Gasteiger partial charge is 0.337 e. The largest absolute Gasteiger partial charge is 0.497 e. The fourth-order valence-corrected chi connectivity index (χ4v) is 4.45. The van der Waals surface area contributed by atoms with E-state index >= 15 is 0 Å². The molecule has 1 aliphatic rings. The minimum absolute atomic E-state index is 0.0341. The Balaban J connectivity index is 1.82. The van der Waals surface area contributed by atoms with Crippen LogP contribution in [-0.4, -0.2) is 72.9 Å². The van der Waals surface area contributed by atoms with Gasteiger partial charge in [-0.25, -0.2) is 13.2 Å². The number of esters is 1. The van der Waals surface area contributed by atoms with Crippen LogP contribution in [0.25, 0.3) is 0 Å². The van der Waals surface area contributed by atoms with E-state index in [1.165, 1.54) is 26.4 Å². The molecule has 0 aliphatic carbocycles. The molecule has 0 bridgehead atoms. The van der Waals surface area contributed by atoms with Gasteiger partial charge < -0.3 is 19.5 Å². The predicted octanol–water partition coefficient (Wildman–Crippen LogP) is 2.03. The van der Waals surface area contributed by atoms with Gasteiger partial charge in [-0.2, -0.15) is 0 Å². The van der Waals surface area contributed by atoms with Gasteiger partial charge >= 0.3 is 5.97 Å². The average Bonchev–Trinajstić information content (AvgIpc) is 2.79. The lowest BCUT2D eigenvalue weighted by molar-refractivity contribution is 0.0398. The van der Waals surface area contributed by atoms with Gasteiger partial charge in [-0.05, 0) is 42.5 Å². The second-order valence-electron chi connectivity index (χ2n) is 6.92. The van der Waals surface area contributed by atoms with Gasteiger partial charge in [0.1, 0.15) is 10.6 Å². The number of rotatable bonds is 9. The molecule has 0 aromatic heterocycles. The zero-order chi connectivity index (χ0) is 22.3. The molecule has 1 aliphatic heterocycles. The van der Waals surface area contributed by atoms with Crippen molar-refractivity contribution in [2.45, 2.75) is 4.90 Å². The van der Waals surface area contributed by atoms with E-state index in [1.54, 1.807) is 30.3 Å². The van der Waals surface area contributed by atoms with E-state index in [0.717, 1.165) is 19.6 Å². The second kappa shape index (κ2) is 10.5. The molecule has 168 valence electrons. The van der Waals surface area contributed by atoms with Crippen LogP contribution in [0, 0.1) is 0 Å². The average molecular weight is 450 g/mol. The van der Waals surface area contributed by atoms with E-state index in [0.29, 0.717) is 36.9 Å². The highest BCUT2D eigenvalue weighted by Gasteiger charge is 2.22. The maximum absolute atomic E-state index is 13.1. The summed E-state index contributed by atoms with van der Waals surface area (Å²) in [6, 6.07) is 10.9. The first-order valence-corrected chi connectivity index (χ1v) is 11.3.